The summed E-state index contributed by atoms with van der Waals surface area (Å²) in [6.07, 6.45) is 1.67. The molecule has 0 heterocycles. The Bertz CT molecular complexity index is 534. The second-order valence-electron chi connectivity index (χ2n) is 4.27. The molecule has 1 aromatic rings. The number of halogens is 1. The zero-order valence-electron chi connectivity index (χ0n) is 11.8. The fourth-order valence-electron chi connectivity index (χ4n) is 1.83. The maximum Gasteiger partial charge on any atom is 0.320 e. The molecule has 1 rings (SSSR count). The number of nitro groups is 1. The number of hydrogen-bond acceptors (Lipinski definition) is 5. The zero-order chi connectivity index (χ0) is 15.8. The molecule has 0 N–H and O–H groups in total. The Morgan fingerprint density at radius 3 is 2.86 bits per heavy atom. The van der Waals surface area contributed by atoms with Gasteiger partial charge < -0.3 is 4.74 Å². The summed E-state index contributed by atoms with van der Waals surface area (Å²) in [7, 11) is 0. The van der Waals surface area contributed by atoms with Crippen LogP contribution in [-0.2, 0) is 16.1 Å². The minimum absolute atomic E-state index is 0.00203. The Labute approximate surface area is 131 Å². The van der Waals surface area contributed by atoms with Gasteiger partial charge in [-0.05, 0) is 28.4 Å². The van der Waals surface area contributed by atoms with Crippen molar-refractivity contribution in [2.75, 3.05) is 19.7 Å². The molecule has 0 aliphatic carbocycles. The van der Waals surface area contributed by atoms with Gasteiger partial charge >= 0.3 is 5.97 Å². The lowest BCUT2D eigenvalue weighted by atomic mass is 10.2. The van der Waals surface area contributed by atoms with E-state index in [1.54, 1.807) is 30.0 Å². The summed E-state index contributed by atoms with van der Waals surface area (Å²) in [6, 6.07) is 4.82. The average Bonchev–Trinajstić information content (AvgIpc) is 2.41. The van der Waals surface area contributed by atoms with Crippen LogP contribution in [-0.4, -0.2) is 35.5 Å². The summed E-state index contributed by atoms with van der Waals surface area (Å²) in [5, 5.41) is 10.9. The van der Waals surface area contributed by atoms with Crippen LogP contribution < -0.4 is 0 Å². The fourth-order valence-corrected chi connectivity index (χ4v) is 2.36. The molecule has 0 amide bonds. The Kier molecular flexibility index (Phi) is 7.04. The normalized spacial score (nSPS) is 10.4. The van der Waals surface area contributed by atoms with Gasteiger partial charge in [-0.3, -0.25) is 19.8 Å². The number of rotatable bonds is 8. The van der Waals surface area contributed by atoms with E-state index < -0.39 is 4.92 Å². The van der Waals surface area contributed by atoms with E-state index in [0.717, 1.165) is 5.56 Å². The monoisotopic (exact) mass is 356 g/mol. The molecular formula is C14H17BrN2O4. The smallest absolute Gasteiger partial charge is 0.320 e. The molecular weight excluding hydrogens is 340 g/mol. The van der Waals surface area contributed by atoms with E-state index in [9.17, 15) is 14.9 Å². The van der Waals surface area contributed by atoms with E-state index in [2.05, 4.69) is 22.5 Å². The standard InChI is InChI=1S/C14H17BrN2O4/c1-3-8-16(10-13(18)21-4-2)9-11-6-5-7-12(14(11)15)17(19)20/h3,5-7H,1,4,8-10H2,2H3. The summed E-state index contributed by atoms with van der Waals surface area (Å²) in [4.78, 5) is 23.8. The third kappa shape index (κ3) is 5.28. The maximum absolute atomic E-state index is 11.6. The molecule has 0 saturated heterocycles. The van der Waals surface area contributed by atoms with Crippen LogP contribution in [0.15, 0.2) is 35.3 Å². The number of ether oxygens (including phenoxy) is 1. The van der Waals surface area contributed by atoms with Crippen molar-refractivity contribution in [2.45, 2.75) is 13.5 Å². The second-order valence-corrected chi connectivity index (χ2v) is 5.06. The van der Waals surface area contributed by atoms with Crippen molar-refractivity contribution >= 4 is 27.6 Å². The third-order valence-electron chi connectivity index (χ3n) is 2.69. The highest BCUT2D eigenvalue weighted by molar-refractivity contribution is 9.10. The van der Waals surface area contributed by atoms with Crippen molar-refractivity contribution in [3.05, 3.63) is 51.0 Å². The largest absolute Gasteiger partial charge is 0.465 e. The third-order valence-corrected chi connectivity index (χ3v) is 3.61. The summed E-state index contributed by atoms with van der Waals surface area (Å²) in [5.41, 5.74) is 0.734. The minimum atomic E-state index is -0.448. The molecule has 21 heavy (non-hydrogen) atoms. The molecule has 114 valence electrons. The molecule has 0 saturated carbocycles. The van der Waals surface area contributed by atoms with Crippen LogP contribution in [0.2, 0.25) is 0 Å². The quantitative estimate of drug-likeness (QED) is 0.310. The van der Waals surface area contributed by atoms with Gasteiger partial charge in [-0.1, -0.05) is 18.2 Å². The molecule has 0 atom stereocenters. The van der Waals surface area contributed by atoms with Crippen molar-refractivity contribution < 1.29 is 14.5 Å². The maximum atomic E-state index is 11.6. The molecule has 1 aromatic carbocycles. The minimum Gasteiger partial charge on any atom is -0.465 e. The van der Waals surface area contributed by atoms with Crippen molar-refractivity contribution in [3.63, 3.8) is 0 Å². The van der Waals surface area contributed by atoms with Gasteiger partial charge in [0.05, 0.1) is 22.5 Å². The highest BCUT2D eigenvalue weighted by atomic mass is 79.9. The Morgan fingerprint density at radius 2 is 2.29 bits per heavy atom. The van der Waals surface area contributed by atoms with E-state index >= 15 is 0 Å². The van der Waals surface area contributed by atoms with Crippen molar-refractivity contribution in [1.29, 1.82) is 0 Å². The molecule has 0 radical (unpaired) electrons. The van der Waals surface area contributed by atoms with Crippen LogP contribution in [0.3, 0.4) is 0 Å². The molecule has 0 bridgehead atoms. The molecule has 6 nitrogen and oxygen atoms in total. The van der Waals surface area contributed by atoms with Crippen LogP contribution in [0.1, 0.15) is 12.5 Å². The first-order valence-corrected chi connectivity index (χ1v) is 7.19. The van der Waals surface area contributed by atoms with E-state index in [4.69, 9.17) is 4.74 Å². The van der Waals surface area contributed by atoms with Gasteiger partial charge in [-0.15, -0.1) is 6.58 Å². The summed E-state index contributed by atoms with van der Waals surface area (Å²) in [5.74, 6) is -0.332. The lowest BCUT2D eigenvalue weighted by Gasteiger charge is -2.20. The van der Waals surface area contributed by atoms with Crippen molar-refractivity contribution in [3.8, 4) is 0 Å². The zero-order valence-corrected chi connectivity index (χ0v) is 13.3. The van der Waals surface area contributed by atoms with E-state index in [0.29, 0.717) is 24.2 Å². The summed E-state index contributed by atoms with van der Waals surface area (Å²) < 4.78 is 5.34. The van der Waals surface area contributed by atoms with Gasteiger partial charge in [0.25, 0.3) is 5.69 Å². The van der Waals surface area contributed by atoms with E-state index in [1.807, 2.05) is 0 Å². The number of esters is 1. The van der Waals surface area contributed by atoms with Gasteiger partial charge in [0.2, 0.25) is 0 Å². The molecule has 0 aromatic heterocycles. The lowest BCUT2D eigenvalue weighted by Crippen LogP contribution is -2.31. The number of hydrogen-bond donors (Lipinski definition) is 0. The van der Waals surface area contributed by atoms with Gasteiger partial charge in [0.15, 0.2) is 0 Å². The number of benzene rings is 1. The van der Waals surface area contributed by atoms with Crippen LogP contribution in [0, 0.1) is 10.1 Å². The van der Waals surface area contributed by atoms with Crippen LogP contribution in [0.4, 0.5) is 5.69 Å². The topological polar surface area (TPSA) is 72.7 Å². The summed E-state index contributed by atoms with van der Waals surface area (Å²) >= 11 is 3.25. The number of carbonyl (C=O) groups is 1. The predicted molar refractivity (Wildman–Crippen MR) is 82.9 cm³/mol. The highest BCUT2D eigenvalue weighted by Gasteiger charge is 2.18. The fraction of sp³-hybridized carbons (Fsp3) is 0.357. The van der Waals surface area contributed by atoms with Gasteiger partial charge in [-0.2, -0.15) is 0 Å². The Balaban J connectivity index is 2.88. The first kappa shape index (κ1) is 17.3. The van der Waals surface area contributed by atoms with Crippen molar-refractivity contribution in [1.82, 2.24) is 4.90 Å². The molecule has 7 heteroatoms. The van der Waals surface area contributed by atoms with Crippen molar-refractivity contribution in [2.24, 2.45) is 0 Å². The van der Waals surface area contributed by atoms with Crippen LogP contribution in [0.25, 0.3) is 0 Å². The molecule has 0 fully saturated rings. The second kappa shape index (κ2) is 8.53. The molecule has 0 spiro atoms. The number of nitrogens with zero attached hydrogens (tertiary/aromatic N) is 2. The molecule has 0 aliphatic heterocycles. The van der Waals surface area contributed by atoms with Crippen LogP contribution in [0.5, 0.6) is 0 Å². The molecule has 0 aliphatic rings. The SMILES string of the molecule is C=CCN(CC(=O)OCC)Cc1cccc([N+](=O)[O-])c1Br. The summed E-state index contributed by atoms with van der Waals surface area (Å²) in [6.45, 7) is 6.68. The van der Waals surface area contributed by atoms with Gasteiger partial charge in [0, 0.05) is 19.2 Å². The van der Waals surface area contributed by atoms with E-state index in [1.165, 1.54) is 6.07 Å². The Hall–Kier alpha value is -1.73. The number of carbonyl (C=O) groups excluding carboxylic acids is 1. The molecule has 0 unspecified atom stereocenters. The van der Waals surface area contributed by atoms with Gasteiger partial charge in [0.1, 0.15) is 0 Å². The Morgan fingerprint density at radius 1 is 1.57 bits per heavy atom. The van der Waals surface area contributed by atoms with Crippen LogP contribution >= 0.6 is 15.9 Å². The number of nitro benzene ring substituents is 1. The van der Waals surface area contributed by atoms with Gasteiger partial charge in [-0.25, -0.2) is 0 Å². The average molecular weight is 357 g/mol. The lowest BCUT2D eigenvalue weighted by molar-refractivity contribution is -0.385. The van der Waals surface area contributed by atoms with E-state index in [-0.39, 0.29) is 18.2 Å². The highest BCUT2D eigenvalue weighted by Crippen LogP contribution is 2.29. The first-order chi connectivity index (χ1) is 9.99. The first-order valence-electron chi connectivity index (χ1n) is 6.40. The predicted octanol–water partition coefficient (Wildman–Crippen LogP) is 2.91.